The molecule has 0 N–H and O–H groups in total. The topological polar surface area (TPSA) is 39.1 Å². The molecule has 1 aromatic carbocycles. The molecule has 0 amide bonds. The van der Waals surface area contributed by atoms with E-state index in [4.69, 9.17) is 34.8 Å². The highest BCUT2D eigenvalue weighted by Crippen LogP contribution is 2.31. The summed E-state index contributed by atoms with van der Waals surface area (Å²) in [5, 5.41) is 0. The van der Waals surface area contributed by atoms with Gasteiger partial charge in [0.25, 0.3) is 3.79 Å². The number of aromatic nitrogens is 1. The second kappa shape index (κ2) is 6.22. The van der Waals surface area contributed by atoms with Gasteiger partial charge in [0.2, 0.25) is 5.78 Å². The SMILES string of the molecule is Cn1cc(C(=O)Cc2ccccc2)cc1C(=O)C(Cl)(Cl)Cl. The maximum atomic E-state index is 12.2. The highest BCUT2D eigenvalue weighted by molar-refractivity contribution is 6.77. The first kappa shape index (κ1) is 16.1. The predicted octanol–water partition coefficient (Wildman–Crippen LogP) is 4.00. The van der Waals surface area contributed by atoms with Gasteiger partial charge in [0.05, 0.1) is 5.69 Å². The van der Waals surface area contributed by atoms with Crippen molar-refractivity contribution in [2.45, 2.75) is 10.2 Å². The Morgan fingerprint density at radius 2 is 1.76 bits per heavy atom. The van der Waals surface area contributed by atoms with E-state index in [-0.39, 0.29) is 17.9 Å². The third-order valence-electron chi connectivity index (χ3n) is 3.02. The molecule has 1 aromatic heterocycles. The van der Waals surface area contributed by atoms with Crippen LogP contribution in [0, 0.1) is 0 Å². The summed E-state index contributed by atoms with van der Waals surface area (Å²) in [4.78, 5) is 24.2. The highest BCUT2D eigenvalue weighted by Gasteiger charge is 2.33. The van der Waals surface area contributed by atoms with Crippen LogP contribution < -0.4 is 0 Å². The molecular formula is C15H12Cl3NO2. The predicted molar refractivity (Wildman–Crippen MR) is 84.5 cm³/mol. The zero-order valence-electron chi connectivity index (χ0n) is 11.1. The fraction of sp³-hybridized carbons (Fsp3) is 0.200. The largest absolute Gasteiger partial charge is 0.347 e. The molecule has 3 nitrogen and oxygen atoms in total. The van der Waals surface area contributed by atoms with Crippen LogP contribution in [0.2, 0.25) is 0 Å². The van der Waals surface area contributed by atoms with Gasteiger partial charge in [0.15, 0.2) is 5.78 Å². The minimum Gasteiger partial charge on any atom is -0.347 e. The zero-order valence-corrected chi connectivity index (χ0v) is 13.4. The molecule has 0 aliphatic heterocycles. The van der Waals surface area contributed by atoms with Gasteiger partial charge in [-0.3, -0.25) is 9.59 Å². The minimum atomic E-state index is -2.04. The molecule has 0 aliphatic carbocycles. The van der Waals surface area contributed by atoms with Crippen LogP contribution in [0.5, 0.6) is 0 Å². The fourth-order valence-electron chi connectivity index (χ4n) is 1.97. The quantitative estimate of drug-likeness (QED) is 0.621. The van der Waals surface area contributed by atoms with Gasteiger partial charge in [-0.2, -0.15) is 0 Å². The normalized spacial score (nSPS) is 11.4. The van der Waals surface area contributed by atoms with Gasteiger partial charge >= 0.3 is 0 Å². The Morgan fingerprint density at radius 1 is 1.14 bits per heavy atom. The number of aryl methyl sites for hydroxylation is 1. The first-order valence-electron chi connectivity index (χ1n) is 6.14. The maximum Gasteiger partial charge on any atom is 0.255 e. The number of ketones is 2. The summed E-state index contributed by atoms with van der Waals surface area (Å²) in [5.41, 5.74) is 1.51. The summed E-state index contributed by atoms with van der Waals surface area (Å²) in [5.74, 6) is -0.756. The van der Waals surface area contributed by atoms with Crippen LogP contribution in [0.3, 0.4) is 0 Å². The molecule has 21 heavy (non-hydrogen) atoms. The van der Waals surface area contributed by atoms with E-state index in [0.29, 0.717) is 5.56 Å². The van der Waals surface area contributed by atoms with Crippen molar-refractivity contribution in [3.8, 4) is 0 Å². The number of nitrogens with zero attached hydrogens (tertiary/aromatic N) is 1. The van der Waals surface area contributed by atoms with Crippen LogP contribution in [-0.4, -0.2) is 19.9 Å². The summed E-state index contributed by atoms with van der Waals surface area (Å²) >= 11 is 16.8. The molecule has 0 atom stereocenters. The smallest absolute Gasteiger partial charge is 0.255 e. The van der Waals surface area contributed by atoms with E-state index in [2.05, 4.69) is 0 Å². The molecule has 1 heterocycles. The number of rotatable bonds is 4. The number of Topliss-reactive ketones (excluding diaryl/α,β-unsaturated/α-hetero) is 2. The van der Waals surface area contributed by atoms with E-state index < -0.39 is 9.58 Å². The summed E-state index contributed by atoms with van der Waals surface area (Å²) in [7, 11) is 1.63. The lowest BCUT2D eigenvalue weighted by molar-refractivity contribution is 0.0985. The first-order valence-corrected chi connectivity index (χ1v) is 7.27. The third-order valence-corrected chi connectivity index (χ3v) is 3.54. The number of benzene rings is 1. The molecule has 0 spiro atoms. The standard InChI is InChI=1S/C15H12Cl3NO2/c1-19-9-11(8-12(19)14(21)15(16,17)18)13(20)7-10-5-3-2-4-6-10/h2-6,8-9H,7H2,1H3. The monoisotopic (exact) mass is 343 g/mol. The Kier molecular flexibility index (Phi) is 4.77. The zero-order chi connectivity index (χ0) is 15.6. The molecule has 110 valence electrons. The Morgan fingerprint density at radius 3 is 2.33 bits per heavy atom. The van der Waals surface area contributed by atoms with E-state index >= 15 is 0 Å². The van der Waals surface area contributed by atoms with Gasteiger partial charge in [-0.15, -0.1) is 0 Å². The van der Waals surface area contributed by atoms with Crippen molar-refractivity contribution in [2.75, 3.05) is 0 Å². The Balaban J connectivity index is 2.23. The van der Waals surface area contributed by atoms with Gasteiger partial charge < -0.3 is 4.57 Å². The summed E-state index contributed by atoms with van der Waals surface area (Å²) in [6, 6.07) is 10.8. The highest BCUT2D eigenvalue weighted by atomic mass is 35.6. The lowest BCUT2D eigenvalue weighted by atomic mass is 10.1. The maximum absolute atomic E-state index is 12.2. The molecule has 0 bridgehead atoms. The number of carbonyl (C=O) groups is 2. The van der Waals surface area contributed by atoms with Crippen molar-refractivity contribution in [2.24, 2.45) is 7.05 Å². The third kappa shape index (κ3) is 3.88. The van der Waals surface area contributed by atoms with E-state index in [1.54, 1.807) is 13.2 Å². The number of halogens is 3. The lowest BCUT2D eigenvalue weighted by Crippen LogP contribution is -2.21. The van der Waals surface area contributed by atoms with Crippen LogP contribution in [0.25, 0.3) is 0 Å². The van der Waals surface area contributed by atoms with E-state index in [1.165, 1.54) is 10.6 Å². The van der Waals surface area contributed by atoms with Crippen LogP contribution in [0.4, 0.5) is 0 Å². The fourth-order valence-corrected chi connectivity index (χ4v) is 2.26. The Bertz CT molecular complexity index is 672. The van der Waals surface area contributed by atoms with Gasteiger partial charge in [0.1, 0.15) is 0 Å². The minimum absolute atomic E-state index is 0.0971. The molecule has 2 aromatic rings. The Hall–Kier alpha value is -1.29. The molecule has 0 fully saturated rings. The summed E-state index contributed by atoms with van der Waals surface area (Å²) in [6.45, 7) is 0. The number of hydrogen-bond acceptors (Lipinski definition) is 2. The van der Waals surface area contributed by atoms with Crippen molar-refractivity contribution < 1.29 is 9.59 Å². The number of carbonyl (C=O) groups excluding carboxylic acids is 2. The molecule has 0 unspecified atom stereocenters. The second-order valence-corrected chi connectivity index (χ2v) is 6.92. The van der Waals surface area contributed by atoms with Crippen LogP contribution in [0.1, 0.15) is 26.4 Å². The average Bonchev–Trinajstić information content (AvgIpc) is 2.80. The van der Waals surface area contributed by atoms with Gasteiger partial charge in [-0.05, 0) is 11.6 Å². The molecular weight excluding hydrogens is 333 g/mol. The summed E-state index contributed by atoms with van der Waals surface area (Å²) < 4.78 is -0.547. The molecule has 0 saturated heterocycles. The molecule has 6 heteroatoms. The van der Waals surface area contributed by atoms with Gasteiger partial charge in [-0.1, -0.05) is 65.1 Å². The van der Waals surface area contributed by atoms with Crippen molar-refractivity contribution in [3.63, 3.8) is 0 Å². The molecule has 0 radical (unpaired) electrons. The van der Waals surface area contributed by atoms with Gasteiger partial charge in [0, 0.05) is 25.2 Å². The first-order chi connectivity index (χ1) is 9.79. The van der Waals surface area contributed by atoms with E-state index in [9.17, 15) is 9.59 Å². The number of hydrogen-bond donors (Lipinski definition) is 0. The molecule has 2 rings (SSSR count). The molecule has 0 saturated carbocycles. The second-order valence-electron chi connectivity index (χ2n) is 4.64. The lowest BCUT2D eigenvalue weighted by Gasteiger charge is -2.09. The van der Waals surface area contributed by atoms with E-state index in [0.717, 1.165) is 5.56 Å². The van der Waals surface area contributed by atoms with Crippen LogP contribution in [-0.2, 0) is 13.5 Å². The van der Waals surface area contributed by atoms with E-state index in [1.807, 2.05) is 30.3 Å². The molecule has 0 aliphatic rings. The van der Waals surface area contributed by atoms with Crippen molar-refractivity contribution >= 4 is 46.4 Å². The van der Waals surface area contributed by atoms with Crippen molar-refractivity contribution in [1.29, 1.82) is 0 Å². The average molecular weight is 345 g/mol. The summed E-state index contributed by atoms with van der Waals surface area (Å²) in [6.07, 6.45) is 1.82. The van der Waals surface area contributed by atoms with Crippen LogP contribution in [0.15, 0.2) is 42.6 Å². The van der Waals surface area contributed by atoms with Crippen LogP contribution >= 0.6 is 34.8 Å². The van der Waals surface area contributed by atoms with Gasteiger partial charge in [-0.25, -0.2) is 0 Å². The Labute approximate surface area is 137 Å². The number of alkyl halides is 3. The van der Waals surface area contributed by atoms with Crippen molar-refractivity contribution in [3.05, 3.63) is 59.4 Å². The van der Waals surface area contributed by atoms with Crippen molar-refractivity contribution in [1.82, 2.24) is 4.57 Å².